The van der Waals surface area contributed by atoms with Crippen molar-refractivity contribution >= 4 is 27.0 Å². The van der Waals surface area contributed by atoms with Crippen molar-refractivity contribution in [1.29, 1.82) is 0 Å². The standard InChI is InChI=1S/C26H26N8O5S/c1-5-39-23-11-6-8-17(29-23)26-30-25-18(34(26)24-19(37-3)9-7-10-20(24)38-4)12-21(31-32-25)33-40(35,36)15-22-27-13-16(2)14-28-22/h6-14H,5,15H2,1-4H3,(H,31,33). The van der Waals surface area contributed by atoms with E-state index in [1.54, 1.807) is 53.4 Å². The molecule has 40 heavy (non-hydrogen) atoms. The van der Waals surface area contributed by atoms with Gasteiger partial charge >= 0.3 is 0 Å². The molecule has 4 heterocycles. The molecule has 1 aromatic carbocycles. The Kier molecular flexibility index (Phi) is 7.42. The van der Waals surface area contributed by atoms with Crippen LogP contribution in [-0.4, -0.2) is 63.9 Å². The van der Waals surface area contributed by atoms with Crippen LogP contribution in [0.15, 0.2) is 54.9 Å². The van der Waals surface area contributed by atoms with Crippen molar-refractivity contribution in [2.24, 2.45) is 0 Å². The van der Waals surface area contributed by atoms with Crippen LogP contribution in [0.25, 0.3) is 28.4 Å². The summed E-state index contributed by atoms with van der Waals surface area (Å²) in [5.41, 5.74) is 2.50. The van der Waals surface area contributed by atoms with Gasteiger partial charge in [0.2, 0.25) is 21.6 Å². The van der Waals surface area contributed by atoms with E-state index >= 15 is 0 Å². The number of nitrogens with one attached hydrogen (secondary N) is 1. The Morgan fingerprint density at radius 2 is 1.65 bits per heavy atom. The number of aromatic nitrogens is 7. The van der Waals surface area contributed by atoms with E-state index in [1.165, 1.54) is 20.3 Å². The molecule has 0 saturated heterocycles. The molecule has 1 N–H and O–H groups in total. The van der Waals surface area contributed by atoms with Gasteiger partial charge in [0.05, 0.1) is 26.3 Å². The van der Waals surface area contributed by atoms with Crippen LogP contribution in [0.4, 0.5) is 5.82 Å². The number of fused-ring (bicyclic) bond motifs is 1. The third-order valence-electron chi connectivity index (χ3n) is 5.70. The number of methoxy groups -OCH3 is 2. The first-order valence-electron chi connectivity index (χ1n) is 12.2. The predicted octanol–water partition coefficient (Wildman–Crippen LogP) is 3.33. The molecule has 0 unspecified atom stereocenters. The minimum Gasteiger partial charge on any atom is -0.494 e. The molecule has 0 saturated carbocycles. The monoisotopic (exact) mass is 562 g/mol. The Morgan fingerprint density at radius 1 is 0.950 bits per heavy atom. The lowest BCUT2D eigenvalue weighted by Gasteiger charge is -2.17. The van der Waals surface area contributed by atoms with Crippen LogP contribution in [0.2, 0.25) is 0 Å². The molecule has 0 aliphatic rings. The minimum absolute atomic E-state index is 0.0165. The first-order chi connectivity index (χ1) is 19.3. The normalized spacial score (nSPS) is 11.4. The molecular weight excluding hydrogens is 536 g/mol. The van der Waals surface area contributed by atoms with Crippen LogP contribution in [0.3, 0.4) is 0 Å². The molecule has 0 amide bonds. The van der Waals surface area contributed by atoms with Crippen molar-refractivity contribution in [2.45, 2.75) is 19.6 Å². The van der Waals surface area contributed by atoms with Crippen LogP contribution in [0.1, 0.15) is 18.3 Å². The number of hydrogen-bond acceptors (Lipinski definition) is 11. The smallest absolute Gasteiger partial charge is 0.241 e. The third-order valence-corrected chi connectivity index (χ3v) is 6.86. The predicted molar refractivity (Wildman–Crippen MR) is 147 cm³/mol. The summed E-state index contributed by atoms with van der Waals surface area (Å²) in [5.74, 6) is 1.47. The highest BCUT2D eigenvalue weighted by Gasteiger charge is 2.24. The van der Waals surface area contributed by atoms with Gasteiger partial charge in [-0.1, -0.05) is 12.1 Å². The summed E-state index contributed by atoms with van der Waals surface area (Å²) < 4.78 is 47.0. The van der Waals surface area contributed by atoms with Crippen LogP contribution in [0.5, 0.6) is 17.4 Å². The largest absolute Gasteiger partial charge is 0.494 e. The average molecular weight is 563 g/mol. The second-order valence-electron chi connectivity index (χ2n) is 8.55. The van der Waals surface area contributed by atoms with Gasteiger partial charge in [0.15, 0.2) is 11.6 Å². The molecule has 5 aromatic rings. The molecular formula is C26H26N8O5S. The van der Waals surface area contributed by atoms with E-state index in [4.69, 9.17) is 14.2 Å². The number of imidazole rings is 1. The fourth-order valence-corrected chi connectivity index (χ4v) is 4.99. The van der Waals surface area contributed by atoms with Crippen molar-refractivity contribution in [3.05, 3.63) is 66.2 Å². The van der Waals surface area contributed by atoms with E-state index in [0.717, 1.165) is 5.56 Å². The lowest BCUT2D eigenvalue weighted by Crippen LogP contribution is -2.17. The first kappa shape index (κ1) is 26.7. The SMILES string of the molecule is CCOc1cccc(-c2nc3nnc(NS(=O)(=O)Cc4ncc(C)cn4)cc3n2-c2c(OC)cccc2OC)n1. The van der Waals surface area contributed by atoms with Gasteiger partial charge in [-0.05, 0) is 37.6 Å². The molecule has 0 aliphatic carbocycles. The molecule has 206 valence electrons. The number of anilines is 1. The van der Waals surface area contributed by atoms with Crippen LogP contribution >= 0.6 is 0 Å². The maximum Gasteiger partial charge on any atom is 0.241 e. The molecule has 4 aromatic heterocycles. The lowest BCUT2D eigenvalue weighted by molar-refractivity contribution is 0.327. The highest BCUT2D eigenvalue weighted by Crippen LogP contribution is 2.38. The molecule has 5 rings (SSSR count). The quantitative estimate of drug-likeness (QED) is 0.266. The minimum atomic E-state index is -3.92. The molecule has 0 spiro atoms. The molecule has 0 atom stereocenters. The second kappa shape index (κ2) is 11.1. The zero-order valence-corrected chi connectivity index (χ0v) is 23.0. The fraction of sp³-hybridized carbons (Fsp3) is 0.231. The highest BCUT2D eigenvalue weighted by atomic mass is 32.2. The van der Waals surface area contributed by atoms with Gasteiger partial charge in [-0.3, -0.25) is 9.29 Å². The summed E-state index contributed by atoms with van der Waals surface area (Å²) in [7, 11) is -0.837. The van der Waals surface area contributed by atoms with Gasteiger partial charge in [0, 0.05) is 24.5 Å². The number of para-hydroxylation sites is 1. The first-order valence-corrected chi connectivity index (χ1v) is 13.8. The van der Waals surface area contributed by atoms with E-state index < -0.39 is 15.8 Å². The third kappa shape index (κ3) is 5.47. The number of sulfonamides is 1. The second-order valence-corrected chi connectivity index (χ2v) is 10.3. The summed E-state index contributed by atoms with van der Waals surface area (Å²) in [6.07, 6.45) is 3.11. The fourth-order valence-electron chi connectivity index (χ4n) is 4.01. The van der Waals surface area contributed by atoms with Gasteiger partial charge < -0.3 is 14.2 Å². The number of nitrogens with zero attached hydrogens (tertiary/aromatic N) is 7. The van der Waals surface area contributed by atoms with E-state index in [0.29, 0.717) is 46.7 Å². The zero-order chi connectivity index (χ0) is 28.3. The van der Waals surface area contributed by atoms with Crippen molar-refractivity contribution in [3.8, 4) is 34.6 Å². The molecule has 13 nitrogen and oxygen atoms in total. The van der Waals surface area contributed by atoms with Crippen molar-refractivity contribution in [3.63, 3.8) is 0 Å². The van der Waals surface area contributed by atoms with E-state index in [9.17, 15) is 8.42 Å². The Labute approximate surface area is 230 Å². The van der Waals surface area contributed by atoms with E-state index in [2.05, 4.69) is 34.9 Å². The maximum absolute atomic E-state index is 12.9. The molecule has 14 heteroatoms. The molecule has 0 bridgehead atoms. The highest BCUT2D eigenvalue weighted by molar-refractivity contribution is 7.91. The zero-order valence-electron chi connectivity index (χ0n) is 22.2. The summed E-state index contributed by atoms with van der Waals surface area (Å²) in [6.45, 7) is 4.13. The number of hydrogen-bond donors (Lipinski definition) is 1. The number of benzene rings is 1. The van der Waals surface area contributed by atoms with Crippen LogP contribution < -0.4 is 18.9 Å². The van der Waals surface area contributed by atoms with Gasteiger partial charge in [-0.15, -0.1) is 10.2 Å². The van der Waals surface area contributed by atoms with Gasteiger partial charge in [-0.25, -0.2) is 28.4 Å². The van der Waals surface area contributed by atoms with Crippen molar-refractivity contribution < 1.29 is 22.6 Å². The lowest BCUT2D eigenvalue weighted by atomic mass is 10.2. The van der Waals surface area contributed by atoms with Crippen LogP contribution in [0, 0.1) is 6.92 Å². The van der Waals surface area contributed by atoms with Gasteiger partial charge in [0.25, 0.3) is 0 Å². The molecule has 0 aliphatic heterocycles. The average Bonchev–Trinajstić information content (AvgIpc) is 3.32. The van der Waals surface area contributed by atoms with E-state index in [-0.39, 0.29) is 17.3 Å². The number of aryl methyl sites for hydroxylation is 1. The van der Waals surface area contributed by atoms with Crippen molar-refractivity contribution in [1.82, 2.24) is 34.7 Å². The summed E-state index contributed by atoms with van der Waals surface area (Å²) >= 11 is 0. The Bertz CT molecular complexity index is 1750. The van der Waals surface area contributed by atoms with Gasteiger partial charge in [0.1, 0.15) is 34.5 Å². The number of rotatable bonds is 10. The van der Waals surface area contributed by atoms with Crippen molar-refractivity contribution in [2.75, 3.05) is 25.5 Å². The summed E-state index contributed by atoms with van der Waals surface area (Å²) in [4.78, 5) is 17.4. The molecule has 0 fully saturated rings. The van der Waals surface area contributed by atoms with Gasteiger partial charge in [-0.2, -0.15) is 0 Å². The number of ether oxygens (including phenoxy) is 3. The van der Waals surface area contributed by atoms with E-state index in [1.807, 2.05) is 13.8 Å². The Morgan fingerprint density at radius 3 is 2.33 bits per heavy atom. The maximum atomic E-state index is 12.9. The summed E-state index contributed by atoms with van der Waals surface area (Å²) in [5, 5.41) is 8.26. The Balaban J connectivity index is 1.66. The van der Waals surface area contributed by atoms with Crippen LogP contribution in [-0.2, 0) is 15.8 Å². The Hall–Kier alpha value is -4.85. The summed E-state index contributed by atoms with van der Waals surface area (Å²) in [6, 6.07) is 12.2. The topological polar surface area (TPSA) is 156 Å². The molecule has 0 radical (unpaired) electrons. The number of pyridine rings is 1.